The molecule has 1 aromatic carbocycles. The maximum absolute atomic E-state index is 15.0. The summed E-state index contributed by atoms with van der Waals surface area (Å²) >= 11 is 0. The second-order valence-corrected chi connectivity index (χ2v) is 8.56. The van der Waals surface area contributed by atoms with Gasteiger partial charge in [0.05, 0.1) is 22.6 Å². The third-order valence-corrected chi connectivity index (χ3v) is 6.12. The van der Waals surface area contributed by atoms with Crippen molar-refractivity contribution in [2.24, 2.45) is 12.8 Å². The summed E-state index contributed by atoms with van der Waals surface area (Å²) in [5.74, 6) is -0.903. The number of rotatable bonds is 3. The fourth-order valence-corrected chi connectivity index (χ4v) is 4.58. The Hall–Kier alpha value is -3.46. The summed E-state index contributed by atoms with van der Waals surface area (Å²) in [6.45, 7) is 5.33. The van der Waals surface area contributed by atoms with Crippen LogP contribution < -0.4 is 16.0 Å². The summed E-state index contributed by atoms with van der Waals surface area (Å²) in [4.78, 5) is 19.8. The van der Waals surface area contributed by atoms with Crippen molar-refractivity contribution in [2.75, 3.05) is 23.3 Å². The number of nitrogens with zero attached hydrogens (tertiary/aromatic N) is 5. The number of anilines is 2. The molecule has 0 saturated carbocycles. The smallest absolute Gasteiger partial charge is 0.258 e. The van der Waals surface area contributed by atoms with Crippen LogP contribution in [-0.2, 0) is 7.05 Å². The number of amides is 1. The van der Waals surface area contributed by atoms with Crippen molar-refractivity contribution in [3.05, 3.63) is 53.5 Å². The van der Waals surface area contributed by atoms with E-state index in [9.17, 15) is 4.79 Å². The highest BCUT2D eigenvalue weighted by atomic mass is 19.1. The van der Waals surface area contributed by atoms with Crippen LogP contribution >= 0.6 is 0 Å². The lowest BCUT2D eigenvalue weighted by atomic mass is 10.0. The largest absolute Gasteiger partial charge is 0.371 e. The molecule has 0 bridgehead atoms. The molecule has 3 aromatic heterocycles. The molecule has 9 heteroatoms. The number of fused-ring (bicyclic) bond motifs is 2. The number of aryl methyl sites for hydroxylation is 3. The van der Waals surface area contributed by atoms with Gasteiger partial charge in [0.2, 0.25) is 0 Å². The summed E-state index contributed by atoms with van der Waals surface area (Å²) in [5.41, 5.74) is 9.89. The van der Waals surface area contributed by atoms with Crippen LogP contribution in [0, 0.1) is 19.7 Å². The van der Waals surface area contributed by atoms with Gasteiger partial charge in [-0.15, -0.1) is 0 Å². The molecule has 5 rings (SSSR count). The lowest BCUT2D eigenvalue weighted by molar-refractivity contribution is 0.102. The van der Waals surface area contributed by atoms with Crippen LogP contribution in [-0.4, -0.2) is 44.2 Å². The minimum Gasteiger partial charge on any atom is -0.371 e. The molecular formula is C23H26FN7O. The van der Waals surface area contributed by atoms with E-state index in [1.807, 2.05) is 26.2 Å². The molecule has 0 atom stereocenters. The van der Waals surface area contributed by atoms with Gasteiger partial charge in [0, 0.05) is 55.8 Å². The molecule has 0 unspecified atom stereocenters. The normalized spacial score (nSPS) is 15.1. The highest BCUT2D eigenvalue weighted by Gasteiger charge is 2.23. The predicted octanol–water partition coefficient (Wildman–Crippen LogP) is 3.16. The number of carbonyl (C=O) groups excluding carboxylic acids is 1. The Morgan fingerprint density at radius 2 is 1.94 bits per heavy atom. The molecule has 0 spiro atoms. The van der Waals surface area contributed by atoms with E-state index in [4.69, 9.17) is 5.73 Å². The standard InChI is InChI=1S/C23H26FN7O/c1-13-10-31-12-18(20(24)22(31)14(2)26-13)27-23(32)16-4-5-19(17-11-29(3)28-21(16)17)30-8-6-15(25)7-9-30/h4-5,10-12,15H,6-9,25H2,1-3H3,(H,27,32). The minimum atomic E-state index is -0.498. The third-order valence-electron chi connectivity index (χ3n) is 6.12. The summed E-state index contributed by atoms with van der Waals surface area (Å²) in [6.07, 6.45) is 7.09. The van der Waals surface area contributed by atoms with Gasteiger partial charge in [-0.25, -0.2) is 4.39 Å². The Kier molecular flexibility index (Phi) is 4.85. The van der Waals surface area contributed by atoms with E-state index in [1.165, 1.54) is 0 Å². The zero-order chi connectivity index (χ0) is 22.6. The number of nitrogens with one attached hydrogen (secondary N) is 1. The van der Waals surface area contributed by atoms with Crippen LogP contribution in [0.25, 0.3) is 16.4 Å². The summed E-state index contributed by atoms with van der Waals surface area (Å²) in [5, 5.41) is 8.16. The monoisotopic (exact) mass is 435 g/mol. The quantitative estimate of drug-likeness (QED) is 0.516. The fraction of sp³-hybridized carbons (Fsp3) is 0.348. The van der Waals surface area contributed by atoms with E-state index in [0.29, 0.717) is 22.3 Å². The number of carbonyl (C=O) groups is 1. The van der Waals surface area contributed by atoms with Gasteiger partial charge in [-0.3, -0.25) is 14.5 Å². The molecular weight excluding hydrogens is 409 g/mol. The highest BCUT2D eigenvalue weighted by molar-refractivity contribution is 6.14. The number of nitrogens with two attached hydrogens (primary N) is 1. The zero-order valence-electron chi connectivity index (χ0n) is 18.4. The van der Waals surface area contributed by atoms with Crippen LogP contribution in [0.2, 0.25) is 0 Å². The first kappa shape index (κ1) is 20.4. The molecule has 0 aliphatic carbocycles. The van der Waals surface area contributed by atoms with Crippen molar-refractivity contribution in [3.8, 4) is 0 Å². The van der Waals surface area contributed by atoms with E-state index in [-0.39, 0.29) is 11.7 Å². The average molecular weight is 436 g/mol. The topological polar surface area (TPSA) is 93.5 Å². The van der Waals surface area contributed by atoms with Gasteiger partial charge in [0.25, 0.3) is 5.91 Å². The number of piperidine rings is 1. The van der Waals surface area contributed by atoms with Crippen LogP contribution in [0.15, 0.2) is 30.7 Å². The van der Waals surface area contributed by atoms with Crippen LogP contribution in [0.4, 0.5) is 15.8 Å². The van der Waals surface area contributed by atoms with Gasteiger partial charge in [0.15, 0.2) is 5.82 Å². The average Bonchev–Trinajstić information content (AvgIpc) is 3.27. The van der Waals surface area contributed by atoms with Crippen LogP contribution in [0.3, 0.4) is 0 Å². The molecule has 3 N–H and O–H groups in total. The molecule has 4 heterocycles. The number of hydrogen-bond donors (Lipinski definition) is 2. The fourth-order valence-electron chi connectivity index (χ4n) is 4.58. The van der Waals surface area contributed by atoms with Crippen molar-refractivity contribution in [3.63, 3.8) is 0 Å². The molecule has 0 radical (unpaired) electrons. The molecule has 1 aliphatic heterocycles. The van der Waals surface area contributed by atoms with Gasteiger partial charge in [-0.05, 0) is 38.8 Å². The number of hydrogen-bond acceptors (Lipinski definition) is 5. The second-order valence-electron chi connectivity index (χ2n) is 8.56. The summed E-state index contributed by atoms with van der Waals surface area (Å²) in [6, 6.07) is 3.94. The maximum Gasteiger partial charge on any atom is 0.258 e. The second kappa shape index (κ2) is 7.59. The first-order valence-corrected chi connectivity index (χ1v) is 10.7. The lowest BCUT2D eigenvalue weighted by Gasteiger charge is -2.32. The van der Waals surface area contributed by atoms with Crippen molar-refractivity contribution in [2.45, 2.75) is 32.7 Å². The van der Waals surface area contributed by atoms with E-state index in [2.05, 4.69) is 20.3 Å². The molecule has 8 nitrogen and oxygen atoms in total. The SMILES string of the molecule is Cc1cn2cc(NC(=O)c3ccc(N4CCC(N)CC4)c4cn(C)nc34)c(F)c2c(C)n1. The maximum atomic E-state index is 15.0. The lowest BCUT2D eigenvalue weighted by Crippen LogP contribution is -2.39. The Morgan fingerprint density at radius 1 is 1.19 bits per heavy atom. The van der Waals surface area contributed by atoms with Gasteiger partial charge < -0.3 is 20.4 Å². The summed E-state index contributed by atoms with van der Waals surface area (Å²) in [7, 11) is 1.83. The molecule has 166 valence electrons. The van der Waals surface area contributed by atoms with Gasteiger partial charge >= 0.3 is 0 Å². The zero-order valence-corrected chi connectivity index (χ0v) is 18.4. The van der Waals surface area contributed by atoms with E-state index >= 15 is 4.39 Å². The van der Waals surface area contributed by atoms with Gasteiger partial charge in [0.1, 0.15) is 11.0 Å². The minimum absolute atomic E-state index is 0.115. The highest BCUT2D eigenvalue weighted by Crippen LogP contribution is 2.31. The van der Waals surface area contributed by atoms with Gasteiger partial charge in [-0.2, -0.15) is 5.10 Å². The van der Waals surface area contributed by atoms with E-state index < -0.39 is 11.7 Å². The van der Waals surface area contributed by atoms with Crippen molar-refractivity contribution in [1.82, 2.24) is 19.2 Å². The Balaban J connectivity index is 1.51. The van der Waals surface area contributed by atoms with E-state index in [0.717, 1.165) is 42.7 Å². The molecule has 4 aromatic rings. The molecule has 1 aliphatic rings. The number of benzene rings is 1. The van der Waals surface area contributed by atoms with Crippen LogP contribution in [0.5, 0.6) is 0 Å². The van der Waals surface area contributed by atoms with Crippen LogP contribution in [0.1, 0.15) is 34.6 Å². The first-order valence-electron chi connectivity index (χ1n) is 10.7. The van der Waals surface area contributed by atoms with Crippen molar-refractivity contribution in [1.29, 1.82) is 0 Å². The summed E-state index contributed by atoms with van der Waals surface area (Å²) < 4.78 is 18.4. The van der Waals surface area contributed by atoms with Gasteiger partial charge in [-0.1, -0.05) is 0 Å². The Bertz CT molecular complexity index is 1350. The number of aromatic nitrogens is 4. The third kappa shape index (κ3) is 3.38. The van der Waals surface area contributed by atoms with Crippen molar-refractivity contribution >= 4 is 33.7 Å². The van der Waals surface area contributed by atoms with Crippen molar-refractivity contribution < 1.29 is 9.18 Å². The molecule has 1 saturated heterocycles. The predicted molar refractivity (Wildman–Crippen MR) is 123 cm³/mol. The number of halogens is 1. The molecule has 32 heavy (non-hydrogen) atoms. The van der Waals surface area contributed by atoms with E-state index in [1.54, 1.807) is 34.5 Å². The Labute approximate surface area is 184 Å². The molecule has 1 fully saturated rings. The first-order chi connectivity index (χ1) is 15.3. The Morgan fingerprint density at radius 3 is 2.69 bits per heavy atom. The molecule has 1 amide bonds.